The Morgan fingerprint density at radius 2 is 2.17 bits per heavy atom. The zero-order valence-corrected chi connectivity index (χ0v) is 11.5. The third-order valence-corrected chi connectivity index (χ3v) is 4.20. The molecular formula is C12H18N2O3S. The zero-order chi connectivity index (χ0) is 13.6. The Kier molecular flexibility index (Phi) is 5.41. The molecule has 0 amide bonds. The predicted octanol–water partition coefficient (Wildman–Crippen LogP) is 1.03. The quantitative estimate of drug-likeness (QED) is 0.752. The van der Waals surface area contributed by atoms with E-state index in [2.05, 4.69) is 11.2 Å². The van der Waals surface area contributed by atoms with Crippen LogP contribution in [0.4, 0.5) is 0 Å². The van der Waals surface area contributed by atoms with Gasteiger partial charge in [0.2, 0.25) is 5.09 Å². The van der Waals surface area contributed by atoms with Gasteiger partial charge in [-0.3, -0.25) is 0 Å². The molecule has 0 saturated carbocycles. The van der Waals surface area contributed by atoms with E-state index in [1.54, 1.807) is 13.0 Å². The number of nitrogens with one attached hydrogen (secondary N) is 1. The molecule has 0 unspecified atom stereocenters. The Hall–Kier alpha value is -1.29. The van der Waals surface area contributed by atoms with Crippen molar-refractivity contribution in [1.82, 2.24) is 9.62 Å². The maximum absolute atomic E-state index is 12.2. The SMILES string of the molecule is C#CCN(CC)S(=O)(=O)c1ccc(CNCC)o1. The molecule has 5 nitrogen and oxygen atoms in total. The average molecular weight is 270 g/mol. The molecule has 0 saturated heterocycles. The summed E-state index contributed by atoms with van der Waals surface area (Å²) in [5, 5.41) is 3.00. The molecule has 0 radical (unpaired) electrons. The summed E-state index contributed by atoms with van der Waals surface area (Å²) >= 11 is 0. The van der Waals surface area contributed by atoms with E-state index in [4.69, 9.17) is 10.8 Å². The van der Waals surface area contributed by atoms with Gasteiger partial charge in [-0.1, -0.05) is 19.8 Å². The van der Waals surface area contributed by atoms with Gasteiger partial charge in [0.15, 0.2) is 0 Å². The van der Waals surface area contributed by atoms with Gasteiger partial charge in [0.25, 0.3) is 10.0 Å². The van der Waals surface area contributed by atoms with Gasteiger partial charge in [0, 0.05) is 6.54 Å². The fourth-order valence-corrected chi connectivity index (χ4v) is 2.73. The van der Waals surface area contributed by atoms with Crippen molar-refractivity contribution in [2.45, 2.75) is 25.5 Å². The first-order valence-corrected chi connectivity index (χ1v) is 7.23. The lowest BCUT2D eigenvalue weighted by molar-refractivity contribution is 0.379. The standard InChI is InChI=1S/C12H18N2O3S/c1-4-9-14(6-3)18(15,16)12-8-7-11(17-12)10-13-5-2/h1,7-8,13H,5-6,9-10H2,2-3H3. The number of terminal acetylenes is 1. The van der Waals surface area contributed by atoms with Crippen molar-refractivity contribution in [1.29, 1.82) is 0 Å². The van der Waals surface area contributed by atoms with Crippen molar-refractivity contribution in [3.63, 3.8) is 0 Å². The van der Waals surface area contributed by atoms with E-state index >= 15 is 0 Å². The minimum Gasteiger partial charge on any atom is -0.447 e. The van der Waals surface area contributed by atoms with Crippen molar-refractivity contribution < 1.29 is 12.8 Å². The number of furan rings is 1. The Morgan fingerprint density at radius 1 is 1.44 bits per heavy atom. The zero-order valence-electron chi connectivity index (χ0n) is 10.6. The maximum Gasteiger partial charge on any atom is 0.277 e. The van der Waals surface area contributed by atoms with E-state index in [1.807, 2.05) is 6.92 Å². The highest BCUT2D eigenvalue weighted by Crippen LogP contribution is 2.18. The van der Waals surface area contributed by atoms with Crippen molar-refractivity contribution in [3.8, 4) is 12.3 Å². The topological polar surface area (TPSA) is 62.6 Å². The first kappa shape index (κ1) is 14.8. The molecule has 1 aromatic rings. The van der Waals surface area contributed by atoms with E-state index in [0.717, 1.165) is 6.54 Å². The molecule has 100 valence electrons. The Morgan fingerprint density at radius 3 is 2.72 bits per heavy atom. The van der Waals surface area contributed by atoms with Gasteiger partial charge in [-0.05, 0) is 18.7 Å². The molecule has 0 aliphatic heterocycles. The fourth-order valence-electron chi connectivity index (χ4n) is 1.44. The second-order valence-corrected chi connectivity index (χ2v) is 5.51. The lowest BCUT2D eigenvalue weighted by Gasteiger charge is -2.15. The highest BCUT2D eigenvalue weighted by molar-refractivity contribution is 7.89. The van der Waals surface area contributed by atoms with Crippen LogP contribution in [0.5, 0.6) is 0 Å². The van der Waals surface area contributed by atoms with Gasteiger partial charge in [-0.25, -0.2) is 8.42 Å². The molecule has 0 atom stereocenters. The number of hydrogen-bond donors (Lipinski definition) is 1. The minimum absolute atomic E-state index is 0.0437. The van der Waals surface area contributed by atoms with Crippen LogP contribution < -0.4 is 5.32 Å². The normalized spacial score (nSPS) is 11.7. The summed E-state index contributed by atoms with van der Waals surface area (Å²) in [5.74, 6) is 2.92. The molecule has 18 heavy (non-hydrogen) atoms. The van der Waals surface area contributed by atoms with Crippen molar-refractivity contribution >= 4 is 10.0 Å². The van der Waals surface area contributed by atoms with Crippen molar-refractivity contribution in [2.24, 2.45) is 0 Å². The monoisotopic (exact) mass is 270 g/mol. The molecule has 0 fully saturated rings. The highest BCUT2D eigenvalue weighted by Gasteiger charge is 2.25. The predicted molar refractivity (Wildman–Crippen MR) is 69.4 cm³/mol. The molecule has 0 aliphatic rings. The first-order chi connectivity index (χ1) is 8.56. The summed E-state index contributed by atoms with van der Waals surface area (Å²) in [5.41, 5.74) is 0. The Bertz CT molecular complexity index is 514. The van der Waals surface area contributed by atoms with Crippen molar-refractivity contribution in [3.05, 3.63) is 17.9 Å². The molecule has 0 bridgehead atoms. The third-order valence-electron chi connectivity index (χ3n) is 2.40. The van der Waals surface area contributed by atoms with Crippen LogP contribution >= 0.6 is 0 Å². The third kappa shape index (κ3) is 3.35. The number of nitrogens with zero attached hydrogens (tertiary/aromatic N) is 1. The molecule has 0 aromatic carbocycles. The van der Waals surface area contributed by atoms with Gasteiger partial charge in [-0.2, -0.15) is 4.31 Å². The summed E-state index contributed by atoms with van der Waals surface area (Å²) < 4.78 is 30.8. The van der Waals surface area contributed by atoms with Gasteiger partial charge < -0.3 is 9.73 Å². The average Bonchev–Trinajstić information content (AvgIpc) is 2.82. The van der Waals surface area contributed by atoms with Crippen LogP contribution in [0.1, 0.15) is 19.6 Å². The molecule has 1 heterocycles. The van der Waals surface area contributed by atoms with E-state index in [1.165, 1.54) is 10.4 Å². The van der Waals surface area contributed by atoms with E-state index in [9.17, 15) is 8.42 Å². The summed E-state index contributed by atoms with van der Waals surface area (Å²) in [6, 6.07) is 3.11. The highest BCUT2D eigenvalue weighted by atomic mass is 32.2. The maximum atomic E-state index is 12.2. The van der Waals surface area contributed by atoms with E-state index in [-0.39, 0.29) is 11.6 Å². The first-order valence-electron chi connectivity index (χ1n) is 5.79. The number of sulfonamides is 1. The van der Waals surface area contributed by atoms with Gasteiger partial charge in [0.1, 0.15) is 5.76 Å². The van der Waals surface area contributed by atoms with Crippen LogP contribution in [0.15, 0.2) is 21.6 Å². The van der Waals surface area contributed by atoms with Gasteiger partial charge >= 0.3 is 0 Å². The molecule has 0 spiro atoms. The van der Waals surface area contributed by atoms with Crippen LogP contribution in [0, 0.1) is 12.3 Å². The van der Waals surface area contributed by atoms with E-state index < -0.39 is 10.0 Å². The molecule has 1 N–H and O–H groups in total. The summed E-state index contributed by atoms with van der Waals surface area (Å²) in [6.45, 7) is 5.36. The second kappa shape index (κ2) is 6.59. The van der Waals surface area contributed by atoms with Crippen LogP contribution in [-0.4, -0.2) is 32.4 Å². The Labute approximate surface area is 108 Å². The lowest BCUT2D eigenvalue weighted by Crippen LogP contribution is -2.31. The summed E-state index contributed by atoms with van der Waals surface area (Å²) in [6.07, 6.45) is 5.15. The Balaban J connectivity index is 2.91. The molecule has 0 aliphatic carbocycles. The number of rotatable bonds is 7. The lowest BCUT2D eigenvalue weighted by atomic mass is 10.4. The summed E-state index contributed by atoms with van der Waals surface area (Å²) in [7, 11) is -3.62. The van der Waals surface area contributed by atoms with Crippen LogP contribution in [0.2, 0.25) is 0 Å². The minimum atomic E-state index is -3.62. The van der Waals surface area contributed by atoms with Crippen LogP contribution in [-0.2, 0) is 16.6 Å². The summed E-state index contributed by atoms with van der Waals surface area (Å²) in [4.78, 5) is 0. The van der Waals surface area contributed by atoms with Gasteiger partial charge in [-0.15, -0.1) is 6.42 Å². The van der Waals surface area contributed by atoms with Crippen LogP contribution in [0.3, 0.4) is 0 Å². The second-order valence-electron chi connectivity index (χ2n) is 3.64. The molecule has 1 aromatic heterocycles. The van der Waals surface area contributed by atoms with E-state index in [0.29, 0.717) is 18.8 Å². The van der Waals surface area contributed by atoms with Crippen molar-refractivity contribution in [2.75, 3.05) is 19.6 Å². The molecular weight excluding hydrogens is 252 g/mol. The molecule has 1 rings (SSSR count). The van der Waals surface area contributed by atoms with Gasteiger partial charge in [0.05, 0.1) is 13.1 Å². The smallest absolute Gasteiger partial charge is 0.277 e. The largest absolute Gasteiger partial charge is 0.447 e. The number of hydrogen-bond acceptors (Lipinski definition) is 4. The fraction of sp³-hybridized carbons (Fsp3) is 0.500. The molecule has 6 heteroatoms. The van der Waals surface area contributed by atoms with Crippen LogP contribution in [0.25, 0.3) is 0 Å².